The maximum absolute atomic E-state index is 12.9. The third-order valence-electron chi connectivity index (χ3n) is 5.26. The average molecular weight is 503 g/mol. The third-order valence-corrected chi connectivity index (χ3v) is 5.26. The lowest BCUT2D eigenvalue weighted by atomic mass is 10.0. The van der Waals surface area contributed by atoms with Gasteiger partial charge in [0.25, 0.3) is 11.8 Å². The van der Waals surface area contributed by atoms with Crippen molar-refractivity contribution in [3.05, 3.63) is 47.2 Å². The number of carboxylic acids is 1. The van der Waals surface area contributed by atoms with Crippen molar-refractivity contribution in [2.45, 2.75) is 52.1 Å². The second kappa shape index (κ2) is 13.1. The number of aryl methyl sites for hydroxylation is 1. The zero-order valence-electron chi connectivity index (χ0n) is 20.9. The van der Waals surface area contributed by atoms with Crippen molar-refractivity contribution in [3.8, 4) is 5.75 Å². The van der Waals surface area contributed by atoms with Crippen LogP contribution in [0, 0.1) is 18.3 Å². The van der Waals surface area contributed by atoms with Crippen LogP contribution in [0.5, 0.6) is 5.75 Å². The van der Waals surface area contributed by atoms with Crippen LogP contribution in [0.1, 0.15) is 71.6 Å². The van der Waals surface area contributed by atoms with Gasteiger partial charge >= 0.3 is 5.97 Å². The number of oxazole rings is 1. The van der Waals surface area contributed by atoms with Gasteiger partial charge in [0.1, 0.15) is 23.6 Å². The Morgan fingerprint density at radius 1 is 1.22 bits per heavy atom. The van der Waals surface area contributed by atoms with Gasteiger partial charge in [-0.25, -0.2) is 9.78 Å². The Bertz CT molecular complexity index is 1080. The number of hydrogen-bond acceptors (Lipinski definition) is 7. The summed E-state index contributed by atoms with van der Waals surface area (Å²) in [7, 11) is 1.51. The molecule has 196 valence electrons. The van der Waals surface area contributed by atoms with Crippen LogP contribution in [0.2, 0.25) is 0 Å². The number of rotatable bonds is 13. The molecule has 0 aliphatic carbocycles. The standard InChI is InChI=1S/C24H34N6O6/c1-13(2)11-18(29-20(31)15-7-5-8-16(12-15)35-4)22-30-19(14(3)36-22)21(32)28-17(23(33)34)9-6-10-27-24(25)26/h5,7-8,12-13,17-18H,6,9-11H2,1-4H3,(H,28,32)(H,29,31)(H,33,34)(H4,25,26,27)/t17-,18-/m0/s1. The Kier molecular flexibility index (Phi) is 10.3. The van der Waals surface area contributed by atoms with Gasteiger partial charge in [0, 0.05) is 12.1 Å². The third kappa shape index (κ3) is 8.29. The molecule has 0 aliphatic heterocycles. The molecule has 12 nitrogen and oxygen atoms in total. The van der Waals surface area contributed by atoms with Crippen LogP contribution in [0.15, 0.2) is 28.7 Å². The highest BCUT2D eigenvalue weighted by atomic mass is 16.5. The van der Waals surface area contributed by atoms with E-state index in [-0.39, 0.29) is 41.6 Å². The van der Waals surface area contributed by atoms with E-state index < -0.39 is 24.0 Å². The summed E-state index contributed by atoms with van der Waals surface area (Å²) in [6, 6.07) is 4.93. The summed E-state index contributed by atoms with van der Waals surface area (Å²) >= 11 is 0. The first-order chi connectivity index (χ1) is 17.0. The fourth-order valence-corrected chi connectivity index (χ4v) is 3.49. The largest absolute Gasteiger partial charge is 0.497 e. The predicted molar refractivity (Wildman–Crippen MR) is 132 cm³/mol. The van der Waals surface area contributed by atoms with E-state index in [1.807, 2.05) is 13.8 Å². The number of nitrogens with zero attached hydrogens (tertiary/aromatic N) is 1. The molecule has 2 atom stereocenters. The molecule has 1 aromatic carbocycles. The lowest BCUT2D eigenvalue weighted by molar-refractivity contribution is -0.139. The number of nitrogens with one attached hydrogen (secondary N) is 4. The molecule has 12 heteroatoms. The fraction of sp³-hybridized carbons (Fsp3) is 0.458. The summed E-state index contributed by atoms with van der Waals surface area (Å²) in [5.41, 5.74) is 5.55. The maximum Gasteiger partial charge on any atom is 0.326 e. The number of amides is 2. The van der Waals surface area contributed by atoms with Crippen LogP contribution in [0.3, 0.4) is 0 Å². The first-order valence-electron chi connectivity index (χ1n) is 11.6. The number of guanidine groups is 1. The first kappa shape index (κ1) is 28.1. The molecule has 7 N–H and O–H groups in total. The first-order valence-corrected chi connectivity index (χ1v) is 11.6. The Morgan fingerprint density at radius 3 is 2.56 bits per heavy atom. The minimum absolute atomic E-state index is 0.0532. The van der Waals surface area contributed by atoms with Crippen LogP contribution in [0.25, 0.3) is 0 Å². The van der Waals surface area contributed by atoms with E-state index in [1.54, 1.807) is 31.2 Å². The highest BCUT2D eigenvalue weighted by Gasteiger charge is 2.28. The normalized spacial score (nSPS) is 12.5. The minimum Gasteiger partial charge on any atom is -0.497 e. The molecule has 36 heavy (non-hydrogen) atoms. The monoisotopic (exact) mass is 502 g/mol. The zero-order valence-corrected chi connectivity index (χ0v) is 20.9. The van der Waals surface area contributed by atoms with E-state index in [0.29, 0.717) is 30.7 Å². The van der Waals surface area contributed by atoms with E-state index >= 15 is 0 Å². The number of aromatic nitrogens is 1. The van der Waals surface area contributed by atoms with Gasteiger partial charge < -0.3 is 35.9 Å². The van der Waals surface area contributed by atoms with Crippen LogP contribution >= 0.6 is 0 Å². The highest BCUT2D eigenvalue weighted by Crippen LogP contribution is 2.24. The van der Waals surface area contributed by atoms with Gasteiger partial charge in [-0.3, -0.25) is 15.0 Å². The summed E-state index contributed by atoms with van der Waals surface area (Å²) in [4.78, 5) is 41.6. The molecule has 1 heterocycles. The number of methoxy groups -OCH3 is 1. The number of carbonyl (C=O) groups is 3. The predicted octanol–water partition coefficient (Wildman–Crippen LogP) is 1.96. The molecule has 2 rings (SSSR count). The molecule has 1 aromatic heterocycles. The number of ether oxygens (including phenoxy) is 1. The van der Waals surface area contributed by atoms with Crippen LogP contribution in [0.4, 0.5) is 0 Å². The molecule has 0 spiro atoms. The Balaban J connectivity index is 2.17. The molecule has 0 fully saturated rings. The summed E-state index contributed by atoms with van der Waals surface area (Å²) in [6.45, 7) is 5.80. The van der Waals surface area contributed by atoms with Gasteiger partial charge in [-0.05, 0) is 50.3 Å². The molecule has 2 amide bonds. The fourth-order valence-electron chi connectivity index (χ4n) is 3.49. The van der Waals surface area contributed by atoms with Crippen molar-refractivity contribution >= 4 is 23.7 Å². The quantitative estimate of drug-likeness (QED) is 0.135. The van der Waals surface area contributed by atoms with Crippen LogP contribution < -0.4 is 26.4 Å². The van der Waals surface area contributed by atoms with Gasteiger partial charge in [0.05, 0.1) is 7.11 Å². The van der Waals surface area contributed by atoms with Crippen molar-refractivity contribution in [3.63, 3.8) is 0 Å². The SMILES string of the molecule is COc1cccc(C(=O)N[C@@H](CC(C)C)c2nc(C(=O)N[C@@H](CCCNC(=N)N)C(=O)O)c(C)o2)c1. The van der Waals surface area contributed by atoms with Crippen molar-refractivity contribution in [1.82, 2.24) is 20.9 Å². The highest BCUT2D eigenvalue weighted by molar-refractivity contribution is 5.96. The van der Waals surface area contributed by atoms with E-state index in [1.165, 1.54) is 7.11 Å². The molecule has 0 saturated heterocycles. The summed E-state index contributed by atoms with van der Waals surface area (Å²) < 4.78 is 10.9. The van der Waals surface area contributed by atoms with Crippen molar-refractivity contribution in [2.75, 3.05) is 13.7 Å². The van der Waals surface area contributed by atoms with E-state index in [0.717, 1.165) is 0 Å². The van der Waals surface area contributed by atoms with Crippen LogP contribution in [-0.2, 0) is 4.79 Å². The lowest BCUT2D eigenvalue weighted by Crippen LogP contribution is -2.42. The topological polar surface area (TPSA) is 193 Å². The summed E-state index contributed by atoms with van der Waals surface area (Å²) in [5, 5.41) is 24.6. The Hall–Kier alpha value is -4.09. The molecule has 0 radical (unpaired) electrons. The molecular weight excluding hydrogens is 468 g/mol. The molecule has 0 saturated carbocycles. The summed E-state index contributed by atoms with van der Waals surface area (Å²) in [5.74, 6) is -1.40. The van der Waals surface area contributed by atoms with Crippen LogP contribution in [-0.4, -0.2) is 53.5 Å². The summed E-state index contributed by atoms with van der Waals surface area (Å²) in [6.07, 6.45) is 0.988. The van der Waals surface area contributed by atoms with Gasteiger partial charge in [0.2, 0.25) is 5.89 Å². The van der Waals surface area contributed by atoms with Crippen molar-refractivity contribution in [1.29, 1.82) is 5.41 Å². The second-order valence-corrected chi connectivity index (χ2v) is 8.69. The molecule has 2 aromatic rings. The average Bonchev–Trinajstić information content (AvgIpc) is 3.21. The van der Waals surface area contributed by atoms with E-state index in [2.05, 4.69) is 20.9 Å². The molecule has 0 unspecified atom stereocenters. The number of carbonyl (C=O) groups excluding carboxylic acids is 2. The van der Waals surface area contributed by atoms with Gasteiger partial charge in [-0.2, -0.15) is 0 Å². The number of benzene rings is 1. The number of aliphatic carboxylic acids is 1. The second-order valence-electron chi connectivity index (χ2n) is 8.69. The van der Waals surface area contributed by atoms with Crippen molar-refractivity contribution < 1.29 is 28.6 Å². The van der Waals surface area contributed by atoms with Crippen molar-refractivity contribution in [2.24, 2.45) is 11.7 Å². The van der Waals surface area contributed by atoms with E-state index in [4.69, 9.17) is 20.3 Å². The molecular formula is C24H34N6O6. The number of carboxylic acid groups (broad SMARTS) is 1. The van der Waals surface area contributed by atoms with Gasteiger partial charge in [-0.1, -0.05) is 19.9 Å². The molecule has 0 aliphatic rings. The molecule has 0 bridgehead atoms. The number of nitrogens with two attached hydrogens (primary N) is 1. The lowest BCUT2D eigenvalue weighted by Gasteiger charge is -2.18. The van der Waals surface area contributed by atoms with Gasteiger partial charge in [-0.15, -0.1) is 0 Å². The van der Waals surface area contributed by atoms with E-state index in [9.17, 15) is 19.5 Å². The smallest absolute Gasteiger partial charge is 0.326 e. The zero-order chi connectivity index (χ0) is 26.8. The minimum atomic E-state index is -1.20. The Morgan fingerprint density at radius 2 is 1.94 bits per heavy atom. The Labute approximate surface area is 209 Å². The number of hydrogen-bond donors (Lipinski definition) is 6. The maximum atomic E-state index is 12.9. The van der Waals surface area contributed by atoms with Gasteiger partial charge in [0.15, 0.2) is 11.7 Å².